The molecular formula is C21H24N2O7. The Labute approximate surface area is 174 Å². The number of esters is 1. The molecule has 0 aliphatic rings. The SMILES string of the molecule is COc1ccc(NC(=O)[C@H](C)OC(=O)c2cccc(OCC(C)C)c2)c([N+](=O)[O-])c1. The highest BCUT2D eigenvalue weighted by atomic mass is 16.6. The molecule has 0 aliphatic heterocycles. The lowest BCUT2D eigenvalue weighted by Crippen LogP contribution is -2.30. The van der Waals surface area contributed by atoms with E-state index in [1.54, 1.807) is 18.2 Å². The summed E-state index contributed by atoms with van der Waals surface area (Å²) < 4.78 is 15.7. The van der Waals surface area contributed by atoms with Crippen molar-refractivity contribution < 1.29 is 28.7 Å². The van der Waals surface area contributed by atoms with E-state index in [0.717, 1.165) is 0 Å². The van der Waals surface area contributed by atoms with Crippen LogP contribution in [0.15, 0.2) is 42.5 Å². The summed E-state index contributed by atoms with van der Waals surface area (Å²) in [6, 6.07) is 10.5. The van der Waals surface area contributed by atoms with E-state index in [-0.39, 0.29) is 22.7 Å². The molecule has 1 amide bonds. The molecular weight excluding hydrogens is 392 g/mol. The molecule has 2 aromatic rings. The van der Waals surface area contributed by atoms with Crippen LogP contribution in [0.2, 0.25) is 0 Å². The van der Waals surface area contributed by atoms with Crippen LogP contribution in [0, 0.1) is 16.0 Å². The zero-order chi connectivity index (χ0) is 22.3. The topological polar surface area (TPSA) is 117 Å². The van der Waals surface area contributed by atoms with Crippen molar-refractivity contribution in [1.82, 2.24) is 0 Å². The van der Waals surface area contributed by atoms with Gasteiger partial charge in [0.25, 0.3) is 11.6 Å². The van der Waals surface area contributed by atoms with Gasteiger partial charge in [-0.2, -0.15) is 0 Å². The van der Waals surface area contributed by atoms with Crippen LogP contribution in [0.1, 0.15) is 31.1 Å². The Kier molecular flexibility index (Phi) is 7.74. The zero-order valence-corrected chi connectivity index (χ0v) is 17.2. The smallest absolute Gasteiger partial charge is 0.339 e. The van der Waals surface area contributed by atoms with Gasteiger partial charge in [-0.3, -0.25) is 14.9 Å². The molecule has 0 radical (unpaired) electrons. The first-order valence-electron chi connectivity index (χ1n) is 9.28. The van der Waals surface area contributed by atoms with Gasteiger partial charge >= 0.3 is 5.97 Å². The Morgan fingerprint density at radius 2 is 1.83 bits per heavy atom. The second kappa shape index (κ2) is 10.2. The van der Waals surface area contributed by atoms with Crippen molar-refractivity contribution in [3.05, 3.63) is 58.1 Å². The van der Waals surface area contributed by atoms with Gasteiger partial charge < -0.3 is 19.5 Å². The lowest BCUT2D eigenvalue weighted by Gasteiger charge is -2.14. The summed E-state index contributed by atoms with van der Waals surface area (Å²) in [7, 11) is 1.38. The molecule has 30 heavy (non-hydrogen) atoms. The highest BCUT2D eigenvalue weighted by Crippen LogP contribution is 2.29. The van der Waals surface area contributed by atoms with Crippen LogP contribution >= 0.6 is 0 Å². The third-order valence-corrected chi connectivity index (χ3v) is 3.97. The number of carbonyl (C=O) groups excluding carboxylic acids is 2. The summed E-state index contributed by atoms with van der Waals surface area (Å²) in [6.07, 6.45) is -1.18. The minimum atomic E-state index is -1.18. The summed E-state index contributed by atoms with van der Waals surface area (Å²) in [5.74, 6) is -0.296. The van der Waals surface area contributed by atoms with Crippen LogP contribution in [0.3, 0.4) is 0 Å². The fraction of sp³-hybridized carbons (Fsp3) is 0.333. The summed E-state index contributed by atoms with van der Waals surface area (Å²) >= 11 is 0. The molecule has 2 aromatic carbocycles. The monoisotopic (exact) mass is 416 g/mol. The van der Waals surface area contributed by atoms with Gasteiger partial charge in [0.05, 0.1) is 30.3 Å². The normalized spacial score (nSPS) is 11.5. The van der Waals surface area contributed by atoms with Crippen LogP contribution in [-0.4, -0.2) is 36.6 Å². The molecule has 1 N–H and O–H groups in total. The third-order valence-electron chi connectivity index (χ3n) is 3.97. The lowest BCUT2D eigenvalue weighted by atomic mass is 10.2. The summed E-state index contributed by atoms with van der Waals surface area (Å²) in [4.78, 5) is 35.4. The van der Waals surface area contributed by atoms with E-state index in [1.807, 2.05) is 13.8 Å². The lowest BCUT2D eigenvalue weighted by molar-refractivity contribution is -0.384. The highest BCUT2D eigenvalue weighted by Gasteiger charge is 2.23. The van der Waals surface area contributed by atoms with Crippen LogP contribution in [0.5, 0.6) is 11.5 Å². The molecule has 0 aliphatic carbocycles. The van der Waals surface area contributed by atoms with Crippen molar-refractivity contribution in [2.45, 2.75) is 26.9 Å². The number of nitrogens with zero attached hydrogens (tertiary/aromatic N) is 1. The number of nitro groups is 1. The second-order valence-electron chi connectivity index (χ2n) is 6.91. The number of hydrogen-bond donors (Lipinski definition) is 1. The van der Waals surface area contributed by atoms with E-state index in [4.69, 9.17) is 14.2 Å². The number of carbonyl (C=O) groups is 2. The Morgan fingerprint density at radius 1 is 1.10 bits per heavy atom. The van der Waals surface area contributed by atoms with Crippen LogP contribution in [0.4, 0.5) is 11.4 Å². The summed E-state index contributed by atoms with van der Waals surface area (Å²) in [6.45, 7) is 5.89. The average molecular weight is 416 g/mol. The van der Waals surface area contributed by atoms with Crippen LogP contribution in [-0.2, 0) is 9.53 Å². The summed E-state index contributed by atoms with van der Waals surface area (Å²) in [5, 5.41) is 13.6. The van der Waals surface area contributed by atoms with Gasteiger partial charge in [-0.25, -0.2) is 4.79 Å². The van der Waals surface area contributed by atoms with E-state index in [9.17, 15) is 19.7 Å². The van der Waals surface area contributed by atoms with Crippen molar-refractivity contribution in [2.24, 2.45) is 5.92 Å². The molecule has 0 spiro atoms. The van der Waals surface area contributed by atoms with Gasteiger partial charge in [-0.05, 0) is 43.2 Å². The fourth-order valence-corrected chi connectivity index (χ4v) is 2.39. The van der Waals surface area contributed by atoms with Gasteiger partial charge in [0.1, 0.15) is 17.2 Å². The Morgan fingerprint density at radius 3 is 2.47 bits per heavy atom. The van der Waals surface area contributed by atoms with Crippen molar-refractivity contribution >= 4 is 23.3 Å². The van der Waals surface area contributed by atoms with Crippen molar-refractivity contribution in [3.8, 4) is 11.5 Å². The third kappa shape index (κ3) is 6.20. The van der Waals surface area contributed by atoms with Gasteiger partial charge in [0.2, 0.25) is 0 Å². The molecule has 9 nitrogen and oxygen atoms in total. The number of benzene rings is 2. The molecule has 2 rings (SSSR count). The van der Waals surface area contributed by atoms with E-state index >= 15 is 0 Å². The standard InChI is InChI=1S/C21H24N2O7/c1-13(2)12-29-17-7-5-6-15(10-17)21(25)30-14(3)20(24)22-18-9-8-16(28-4)11-19(18)23(26)27/h5-11,13-14H,12H2,1-4H3,(H,22,24)/t14-/m0/s1. The van der Waals surface area contributed by atoms with Crippen LogP contribution in [0.25, 0.3) is 0 Å². The number of rotatable bonds is 9. The first-order valence-corrected chi connectivity index (χ1v) is 9.28. The number of ether oxygens (including phenoxy) is 3. The number of nitro benzene ring substituents is 1. The van der Waals surface area contributed by atoms with E-state index in [0.29, 0.717) is 18.3 Å². The largest absolute Gasteiger partial charge is 0.496 e. The molecule has 9 heteroatoms. The first kappa shape index (κ1) is 22.7. The molecule has 1 atom stereocenters. The number of amides is 1. The molecule has 0 heterocycles. The van der Waals surface area contributed by atoms with Gasteiger partial charge in [-0.15, -0.1) is 0 Å². The Balaban J connectivity index is 2.05. The zero-order valence-electron chi connectivity index (χ0n) is 17.2. The van der Waals surface area contributed by atoms with Gasteiger partial charge in [-0.1, -0.05) is 19.9 Å². The fourth-order valence-electron chi connectivity index (χ4n) is 2.39. The maximum atomic E-state index is 12.4. The van der Waals surface area contributed by atoms with Crippen molar-refractivity contribution in [1.29, 1.82) is 0 Å². The number of anilines is 1. The predicted molar refractivity (Wildman–Crippen MR) is 110 cm³/mol. The number of methoxy groups -OCH3 is 1. The minimum absolute atomic E-state index is 0.0298. The molecule has 0 fully saturated rings. The van der Waals surface area contributed by atoms with E-state index in [2.05, 4.69) is 5.32 Å². The molecule has 0 saturated heterocycles. The number of hydrogen-bond acceptors (Lipinski definition) is 7. The maximum absolute atomic E-state index is 12.4. The summed E-state index contributed by atoms with van der Waals surface area (Å²) in [5.41, 5.74) is -0.139. The van der Waals surface area contributed by atoms with Crippen molar-refractivity contribution in [3.63, 3.8) is 0 Å². The molecule has 0 unspecified atom stereocenters. The molecule has 0 bridgehead atoms. The Hall–Kier alpha value is -3.62. The quantitative estimate of drug-likeness (QED) is 0.375. The molecule has 0 aromatic heterocycles. The second-order valence-corrected chi connectivity index (χ2v) is 6.91. The van der Waals surface area contributed by atoms with E-state index in [1.165, 1.54) is 38.3 Å². The minimum Gasteiger partial charge on any atom is -0.496 e. The van der Waals surface area contributed by atoms with E-state index < -0.39 is 22.9 Å². The van der Waals surface area contributed by atoms with Gasteiger partial charge in [0.15, 0.2) is 6.10 Å². The highest BCUT2D eigenvalue weighted by molar-refractivity contribution is 5.98. The first-order chi connectivity index (χ1) is 14.2. The van der Waals surface area contributed by atoms with Crippen LogP contribution < -0.4 is 14.8 Å². The maximum Gasteiger partial charge on any atom is 0.339 e. The Bertz CT molecular complexity index is 927. The average Bonchev–Trinajstić information content (AvgIpc) is 2.72. The molecule has 160 valence electrons. The molecule has 0 saturated carbocycles. The van der Waals surface area contributed by atoms with Crippen molar-refractivity contribution in [2.75, 3.05) is 19.0 Å². The predicted octanol–water partition coefficient (Wildman–Crippen LogP) is 3.82. The van der Waals surface area contributed by atoms with Gasteiger partial charge in [0, 0.05) is 0 Å². The number of nitrogens with one attached hydrogen (secondary N) is 1.